The van der Waals surface area contributed by atoms with Crippen LogP contribution in [-0.4, -0.2) is 51.0 Å². The lowest BCUT2D eigenvalue weighted by Crippen LogP contribution is -2.36. The molecule has 3 aromatic heterocycles. The van der Waals surface area contributed by atoms with Crippen molar-refractivity contribution in [1.29, 1.82) is 0 Å². The predicted octanol–water partition coefficient (Wildman–Crippen LogP) is 4.53. The van der Waals surface area contributed by atoms with Gasteiger partial charge >= 0.3 is 0 Å². The van der Waals surface area contributed by atoms with Gasteiger partial charge in [0.2, 0.25) is 0 Å². The maximum atomic E-state index is 14.5. The number of morpholine rings is 1. The van der Waals surface area contributed by atoms with E-state index in [0.29, 0.717) is 40.5 Å². The summed E-state index contributed by atoms with van der Waals surface area (Å²) < 4.78 is 21.8. The Labute approximate surface area is 190 Å². The van der Waals surface area contributed by atoms with E-state index < -0.39 is 5.82 Å². The maximum Gasteiger partial charge on any atom is 0.134 e. The lowest BCUT2D eigenvalue weighted by atomic mass is 10.1. The number of anilines is 1. The zero-order valence-electron chi connectivity index (χ0n) is 18.0. The van der Waals surface area contributed by atoms with E-state index in [9.17, 15) is 4.39 Å². The van der Waals surface area contributed by atoms with Crippen LogP contribution in [0.3, 0.4) is 0 Å². The minimum atomic E-state index is -0.428. The third kappa shape index (κ3) is 5.03. The molecule has 0 bridgehead atoms. The molecule has 9 heteroatoms. The second-order valence-corrected chi connectivity index (χ2v) is 7.73. The highest BCUT2D eigenvalue weighted by Gasteiger charge is 2.19. The molecule has 1 aliphatic rings. The molecule has 1 saturated heterocycles. The van der Waals surface area contributed by atoms with Crippen molar-refractivity contribution in [3.63, 3.8) is 0 Å². The number of fused-ring (bicyclic) bond motifs is 1. The van der Waals surface area contributed by atoms with Gasteiger partial charge in [-0.1, -0.05) is 11.6 Å². The minimum absolute atomic E-state index is 0.344. The highest BCUT2D eigenvalue weighted by atomic mass is 35.5. The van der Waals surface area contributed by atoms with Gasteiger partial charge in [-0.3, -0.25) is 9.67 Å². The molecule has 1 aromatic carbocycles. The standard InChI is InChI=1S/C18H16ClFN4O.C5H8N2/c1-11-10-21-18-15(22-11)9-16(24-4-6-25-7-5-24)23-17(18)13-3-2-12(19)8-14(13)20;1-2-7-5-3-4-6-7/h2-3,8-10H,4-7H2,1H3;3-5H,2H2,1H3. The van der Waals surface area contributed by atoms with Crippen molar-refractivity contribution in [3.05, 3.63) is 65.5 Å². The highest BCUT2D eigenvalue weighted by Crippen LogP contribution is 2.31. The van der Waals surface area contributed by atoms with Crippen molar-refractivity contribution >= 4 is 28.5 Å². The highest BCUT2D eigenvalue weighted by molar-refractivity contribution is 6.30. The molecule has 1 fully saturated rings. The second kappa shape index (κ2) is 10.0. The molecule has 0 N–H and O–H groups in total. The van der Waals surface area contributed by atoms with Crippen LogP contribution in [0.2, 0.25) is 5.02 Å². The number of halogens is 2. The molecule has 0 unspecified atom stereocenters. The van der Waals surface area contributed by atoms with E-state index in [4.69, 9.17) is 21.3 Å². The van der Waals surface area contributed by atoms with Gasteiger partial charge in [-0.05, 0) is 38.1 Å². The molecule has 4 heterocycles. The van der Waals surface area contributed by atoms with E-state index >= 15 is 0 Å². The molecule has 1 aliphatic heterocycles. The summed E-state index contributed by atoms with van der Waals surface area (Å²) in [4.78, 5) is 15.8. The number of benzene rings is 1. The van der Waals surface area contributed by atoms with Crippen LogP contribution in [0.15, 0.2) is 48.9 Å². The van der Waals surface area contributed by atoms with Crippen molar-refractivity contribution < 1.29 is 9.13 Å². The molecule has 0 atom stereocenters. The lowest BCUT2D eigenvalue weighted by Gasteiger charge is -2.28. The van der Waals surface area contributed by atoms with Gasteiger partial charge in [0, 0.05) is 54.9 Å². The van der Waals surface area contributed by atoms with E-state index in [1.807, 2.05) is 29.9 Å². The minimum Gasteiger partial charge on any atom is -0.378 e. The number of hydrogen-bond acceptors (Lipinski definition) is 6. The van der Waals surface area contributed by atoms with Crippen LogP contribution in [0.4, 0.5) is 10.2 Å². The van der Waals surface area contributed by atoms with Crippen LogP contribution in [0.1, 0.15) is 12.6 Å². The quantitative estimate of drug-likeness (QED) is 0.453. The lowest BCUT2D eigenvalue weighted by molar-refractivity contribution is 0.122. The summed E-state index contributed by atoms with van der Waals surface area (Å²) in [6.07, 6.45) is 5.39. The molecule has 166 valence electrons. The van der Waals surface area contributed by atoms with Gasteiger partial charge in [0.25, 0.3) is 0 Å². The van der Waals surface area contributed by atoms with Gasteiger partial charge in [0.1, 0.15) is 22.8 Å². The summed E-state index contributed by atoms with van der Waals surface area (Å²) in [6.45, 7) is 7.66. The third-order valence-electron chi connectivity index (χ3n) is 5.04. The average Bonchev–Trinajstić information content (AvgIpc) is 3.33. The van der Waals surface area contributed by atoms with Gasteiger partial charge in [-0.2, -0.15) is 5.10 Å². The molecule has 32 heavy (non-hydrogen) atoms. The number of pyridine rings is 1. The zero-order valence-corrected chi connectivity index (χ0v) is 18.8. The molecule has 0 spiro atoms. The Balaban J connectivity index is 0.000000300. The molecule has 7 nitrogen and oxygen atoms in total. The fourth-order valence-electron chi connectivity index (χ4n) is 3.41. The first-order chi connectivity index (χ1) is 15.5. The topological polar surface area (TPSA) is 69.0 Å². The average molecular weight is 455 g/mol. The Morgan fingerprint density at radius 2 is 1.97 bits per heavy atom. The smallest absolute Gasteiger partial charge is 0.134 e. The Bertz CT molecular complexity index is 1190. The summed E-state index contributed by atoms with van der Waals surface area (Å²) in [6, 6.07) is 8.38. The Morgan fingerprint density at radius 3 is 2.62 bits per heavy atom. The van der Waals surface area contributed by atoms with E-state index in [1.54, 1.807) is 24.5 Å². The number of rotatable bonds is 3. The van der Waals surface area contributed by atoms with E-state index in [-0.39, 0.29) is 0 Å². The van der Waals surface area contributed by atoms with Crippen molar-refractivity contribution in [3.8, 4) is 11.3 Å². The van der Waals surface area contributed by atoms with Gasteiger partial charge < -0.3 is 9.64 Å². The van der Waals surface area contributed by atoms with Crippen LogP contribution in [0.25, 0.3) is 22.3 Å². The number of aryl methyl sites for hydroxylation is 2. The van der Waals surface area contributed by atoms with Gasteiger partial charge in [-0.25, -0.2) is 14.4 Å². The molecular weight excluding hydrogens is 431 g/mol. The first-order valence-electron chi connectivity index (χ1n) is 10.4. The molecule has 0 amide bonds. The van der Waals surface area contributed by atoms with Gasteiger partial charge in [0.05, 0.1) is 24.4 Å². The van der Waals surface area contributed by atoms with Crippen LogP contribution >= 0.6 is 11.6 Å². The van der Waals surface area contributed by atoms with E-state index in [1.165, 1.54) is 6.07 Å². The fourth-order valence-corrected chi connectivity index (χ4v) is 3.57. The number of hydrogen-bond donors (Lipinski definition) is 0. The summed E-state index contributed by atoms with van der Waals surface area (Å²) in [7, 11) is 0. The Morgan fingerprint density at radius 1 is 1.16 bits per heavy atom. The fraction of sp³-hybridized carbons (Fsp3) is 0.304. The molecule has 0 radical (unpaired) electrons. The summed E-state index contributed by atoms with van der Waals surface area (Å²) in [5.41, 5.74) is 2.90. The normalized spacial score (nSPS) is 13.7. The number of ether oxygens (including phenoxy) is 1. The SMILES string of the molecule is CCn1cccn1.Cc1cnc2c(-c3ccc(Cl)cc3F)nc(N3CCOCC3)cc2n1. The monoisotopic (exact) mass is 454 g/mol. The molecule has 4 aromatic rings. The molecule has 0 saturated carbocycles. The zero-order chi connectivity index (χ0) is 22.5. The number of nitrogens with zero attached hydrogens (tertiary/aromatic N) is 6. The first-order valence-corrected chi connectivity index (χ1v) is 10.8. The Hall–Kier alpha value is -3.10. The van der Waals surface area contributed by atoms with E-state index in [0.717, 1.165) is 31.1 Å². The van der Waals surface area contributed by atoms with Crippen molar-refractivity contribution in [1.82, 2.24) is 24.7 Å². The van der Waals surface area contributed by atoms with E-state index in [2.05, 4.69) is 26.9 Å². The molecule has 5 rings (SSSR count). The molecular formula is C23H24ClFN6O. The first kappa shape index (κ1) is 22.1. The summed E-state index contributed by atoms with van der Waals surface area (Å²) in [5, 5.41) is 4.30. The van der Waals surface area contributed by atoms with Crippen LogP contribution < -0.4 is 4.90 Å². The maximum absolute atomic E-state index is 14.5. The second-order valence-electron chi connectivity index (χ2n) is 7.29. The summed E-state index contributed by atoms with van der Waals surface area (Å²) >= 11 is 5.89. The van der Waals surface area contributed by atoms with Crippen LogP contribution in [-0.2, 0) is 11.3 Å². The third-order valence-corrected chi connectivity index (χ3v) is 5.28. The van der Waals surface area contributed by atoms with Crippen molar-refractivity contribution in [2.24, 2.45) is 0 Å². The predicted molar refractivity (Wildman–Crippen MR) is 123 cm³/mol. The van der Waals surface area contributed by atoms with Gasteiger partial charge in [-0.15, -0.1) is 0 Å². The Kier molecular flexibility index (Phi) is 6.92. The molecule has 0 aliphatic carbocycles. The number of aromatic nitrogens is 5. The summed E-state index contributed by atoms with van der Waals surface area (Å²) in [5.74, 6) is 0.322. The van der Waals surface area contributed by atoms with Crippen LogP contribution in [0.5, 0.6) is 0 Å². The van der Waals surface area contributed by atoms with Crippen molar-refractivity contribution in [2.75, 3.05) is 31.2 Å². The van der Waals surface area contributed by atoms with Crippen molar-refractivity contribution in [2.45, 2.75) is 20.4 Å². The largest absolute Gasteiger partial charge is 0.378 e. The van der Waals surface area contributed by atoms with Gasteiger partial charge in [0.15, 0.2) is 0 Å². The van der Waals surface area contributed by atoms with Crippen LogP contribution in [0, 0.1) is 12.7 Å².